The molecule has 0 fully saturated rings. The monoisotopic (exact) mass is 475 g/mol. The summed E-state index contributed by atoms with van der Waals surface area (Å²) in [5.74, 6) is -0.717. The Balaban J connectivity index is 1.39. The van der Waals surface area contributed by atoms with E-state index >= 15 is 0 Å². The van der Waals surface area contributed by atoms with Crippen molar-refractivity contribution in [2.75, 3.05) is 11.9 Å². The van der Waals surface area contributed by atoms with E-state index in [1.165, 1.54) is 29.9 Å². The van der Waals surface area contributed by atoms with E-state index in [2.05, 4.69) is 25.3 Å². The number of aryl methyl sites for hydroxylation is 2. The summed E-state index contributed by atoms with van der Waals surface area (Å²) in [5.41, 5.74) is 2.24. The van der Waals surface area contributed by atoms with Gasteiger partial charge in [0.25, 0.3) is 11.8 Å². The van der Waals surface area contributed by atoms with Gasteiger partial charge in [-0.2, -0.15) is 0 Å². The van der Waals surface area contributed by atoms with Crippen LogP contribution < -0.4 is 10.7 Å². The summed E-state index contributed by atoms with van der Waals surface area (Å²) >= 11 is 1.31. The molecular weight excluding hydrogens is 454 g/mol. The molecule has 0 aliphatic carbocycles. The van der Waals surface area contributed by atoms with Gasteiger partial charge in [-0.25, -0.2) is 15.0 Å². The molecule has 0 atom stereocenters. The Hall–Kier alpha value is -3.99. The number of nitrogens with zero attached hydrogens (tertiary/aromatic N) is 6. The Bertz CT molecular complexity index is 1480. The van der Waals surface area contributed by atoms with Crippen molar-refractivity contribution in [1.29, 1.82) is 0 Å². The topological polar surface area (TPSA) is 123 Å². The second-order valence-corrected chi connectivity index (χ2v) is 8.98. The average molecular weight is 476 g/mol. The van der Waals surface area contributed by atoms with Crippen molar-refractivity contribution in [2.24, 2.45) is 0 Å². The van der Waals surface area contributed by atoms with Crippen LogP contribution >= 0.6 is 11.3 Å². The molecule has 5 rings (SSSR count). The minimum atomic E-state index is -0.396. The van der Waals surface area contributed by atoms with E-state index in [0.29, 0.717) is 42.2 Å². The summed E-state index contributed by atoms with van der Waals surface area (Å²) in [6.45, 7) is 5.16. The molecule has 172 valence electrons. The molecule has 4 aromatic rings. The highest BCUT2D eigenvalue weighted by Crippen LogP contribution is 2.29. The van der Waals surface area contributed by atoms with Crippen molar-refractivity contribution in [1.82, 2.24) is 29.4 Å². The fraction of sp³-hybridized carbons (Fsp3) is 0.261. The first-order chi connectivity index (χ1) is 16.4. The molecule has 0 aromatic carbocycles. The quantitative estimate of drug-likeness (QED) is 0.481. The number of fused-ring (bicyclic) bond motifs is 2. The second-order valence-electron chi connectivity index (χ2n) is 7.89. The van der Waals surface area contributed by atoms with Crippen molar-refractivity contribution in [3.8, 4) is 0 Å². The standard InChI is InChI=1S/C23H21N7O3S/c1-3-29-11-15(19(31)14-5-4-13(2)26-20(14)29)22(33)30-9-6-16-18(12-30)34-23(27-16)28-21(32)17-10-24-7-8-25-17/h4-5,7-8,10-11H,3,6,9,12H2,1-2H3,(H,27,28,32). The van der Waals surface area contributed by atoms with E-state index < -0.39 is 5.91 Å². The highest BCUT2D eigenvalue weighted by molar-refractivity contribution is 7.15. The number of amides is 2. The zero-order valence-corrected chi connectivity index (χ0v) is 19.4. The molecule has 34 heavy (non-hydrogen) atoms. The summed E-state index contributed by atoms with van der Waals surface area (Å²) in [6.07, 6.45) is 6.46. The van der Waals surface area contributed by atoms with Gasteiger partial charge in [-0.1, -0.05) is 11.3 Å². The number of pyridine rings is 2. The van der Waals surface area contributed by atoms with Gasteiger partial charge in [0.15, 0.2) is 5.13 Å². The predicted octanol–water partition coefficient (Wildman–Crippen LogP) is 2.42. The lowest BCUT2D eigenvalue weighted by Crippen LogP contribution is -2.38. The Morgan fingerprint density at radius 3 is 2.82 bits per heavy atom. The molecule has 10 nitrogen and oxygen atoms in total. The highest BCUT2D eigenvalue weighted by atomic mass is 32.1. The number of anilines is 1. The Morgan fingerprint density at radius 2 is 2.06 bits per heavy atom. The molecule has 0 saturated heterocycles. The molecule has 11 heteroatoms. The van der Waals surface area contributed by atoms with E-state index in [1.807, 2.05) is 18.4 Å². The minimum absolute atomic E-state index is 0.129. The van der Waals surface area contributed by atoms with Gasteiger partial charge < -0.3 is 9.47 Å². The van der Waals surface area contributed by atoms with Gasteiger partial charge in [-0.3, -0.25) is 24.7 Å². The molecule has 4 aromatic heterocycles. The number of aromatic nitrogens is 5. The van der Waals surface area contributed by atoms with Crippen LogP contribution in [0.3, 0.4) is 0 Å². The van der Waals surface area contributed by atoms with Crippen molar-refractivity contribution in [3.63, 3.8) is 0 Å². The molecule has 1 aliphatic rings. The van der Waals surface area contributed by atoms with Crippen LogP contribution in [-0.4, -0.2) is 47.8 Å². The zero-order valence-electron chi connectivity index (χ0n) is 18.6. The molecule has 1 aliphatic heterocycles. The Labute approximate surface area is 198 Å². The third-order valence-electron chi connectivity index (χ3n) is 5.67. The molecule has 0 unspecified atom stereocenters. The third kappa shape index (κ3) is 3.94. The van der Waals surface area contributed by atoms with E-state index in [0.717, 1.165) is 16.3 Å². The number of hydrogen-bond acceptors (Lipinski definition) is 8. The number of carbonyl (C=O) groups is 2. The lowest BCUT2D eigenvalue weighted by Gasteiger charge is -2.26. The normalized spacial score (nSPS) is 13.1. The number of hydrogen-bond donors (Lipinski definition) is 1. The first kappa shape index (κ1) is 21.8. The Kier molecular flexibility index (Phi) is 5.62. The maximum atomic E-state index is 13.4. The van der Waals surface area contributed by atoms with E-state index in [1.54, 1.807) is 23.2 Å². The SMILES string of the molecule is CCn1cc(C(=O)N2CCc3nc(NC(=O)c4cnccn4)sc3C2)c(=O)c2ccc(C)nc21. The summed E-state index contributed by atoms with van der Waals surface area (Å²) in [4.78, 5) is 58.3. The summed E-state index contributed by atoms with van der Waals surface area (Å²) < 4.78 is 1.83. The minimum Gasteiger partial charge on any atom is -0.333 e. The van der Waals surface area contributed by atoms with E-state index in [-0.39, 0.29) is 22.6 Å². The maximum absolute atomic E-state index is 13.4. The molecule has 0 spiro atoms. The van der Waals surface area contributed by atoms with Gasteiger partial charge in [-0.05, 0) is 26.0 Å². The van der Waals surface area contributed by atoms with E-state index in [4.69, 9.17) is 0 Å². The second kappa shape index (κ2) is 8.75. The third-order valence-corrected chi connectivity index (χ3v) is 6.66. The Morgan fingerprint density at radius 1 is 1.21 bits per heavy atom. The lowest BCUT2D eigenvalue weighted by atomic mass is 10.1. The zero-order chi connectivity index (χ0) is 23.8. The van der Waals surface area contributed by atoms with Crippen molar-refractivity contribution >= 4 is 39.3 Å². The number of carbonyl (C=O) groups excluding carboxylic acids is 2. The van der Waals surface area contributed by atoms with Gasteiger partial charge >= 0.3 is 0 Å². The molecular formula is C23H21N7O3S. The smallest absolute Gasteiger partial charge is 0.277 e. The van der Waals surface area contributed by atoms with Crippen molar-refractivity contribution in [2.45, 2.75) is 33.4 Å². The molecule has 2 amide bonds. The number of thiazole rings is 1. The van der Waals surface area contributed by atoms with Crippen LogP contribution in [0.4, 0.5) is 5.13 Å². The van der Waals surface area contributed by atoms with E-state index in [9.17, 15) is 14.4 Å². The summed E-state index contributed by atoms with van der Waals surface area (Å²) in [5, 5.41) is 3.62. The van der Waals surface area contributed by atoms with Crippen LogP contribution in [0.15, 0.2) is 41.7 Å². The van der Waals surface area contributed by atoms with Crippen LogP contribution in [0, 0.1) is 6.92 Å². The molecule has 0 saturated carbocycles. The van der Waals surface area contributed by atoms with Crippen LogP contribution in [-0.2, 0) is 19.5 Å². The maximum Gasteiger partial charge on any atom is 0.277 e. The lowest BCUT2D eigenvalue weighted by molar-refractivity contribution is 0.0734. The highest BCUT2D eigenvalue weighted by Gasteiger charge is 2.28. The first-order valence-corrected chi connectivity index (χ1v) is 11.6. The number of nitrogens with one attached hydrogen (secondary N) is 1. The van der Waals surface area contributed by atoms with Crippen LogP contribution in [0.1, 0.15) is 44.0 Å². The average Bonchev–Trinajstić information content (AvgIpc) is 3.25. The molecule has 1 N–H and O–H groups in total. The van der Waals surface area contributed by atoms with Gasteiger partial charge in [0.2, 0.25) is 5.43 Å². The predicted molar refractivity (Wildman–Crippen MR) is 127 cm³/mol. The van der Waals surface area contributed by atoms with Crippen molar-refractivity contribution in [3.05, 3.63) is 74.7 Å². The van der Waals surface area contributed by atoms with Gasteiger partial charge in [0.05, 0.1) is 23.8 Å². The van der Waals surface area contributed by atoms with Gasteiger partial charge in [-0.15, -0.1) is 0 Å². The molecule has 5 heterocycles. The molecule has 0 radical (unpaired) electrons. The number of rotatable bonds is 4. The van der Waals surface area contributed by atoms with Crippen LogP contribution in [0.2, 0.25) is 0 Å². The van der Waals surface area contributed by atoms with Crippen LogP contribution in [0.5, 0.6) is 0 Å². The van der Waals surface area contributed by atoms with Gasteiger partial charge in [0, 0.05) is 48.7 Å². The van der Waals surface area contributed by atoms with Crippen LogP contribution in [0.25, 0.3) is 11.0 Å². The summed E-state index contributed by atoms with van der Waals surface area (Å²) in [7, 11) is 0. The fourth-order valence-electron chi connectivity index (χ4n) is 3.92. The van der Waals surface area contributed by atoms with Crippen molar-refractivity contribution < 1.29 is 9.59 Å². The summed E-state index contributed by atoms with van der Waals surface area (Å²) in [6, 6.07) is 3.51. The molecule has 0 bridgehead atoms. The largest absolute Gasteiger partial charge is 0.333 e. The van der Waals surface area contributed by atoms with Gasteiger partial charge in [0.1, 0.15) is 16.9 Å². The fourth-order valence-corrected chi connectivity index (χ4v) is 4.94. The first-order valence-electron chi connectivity index (χ1n) is 10.8.